The molecular formula is C17H18N3O2S-. The minimum atomic E-state index is -0.372. The molecule has 0 aliphatic heterocycles. The fourth-order valence-corrected chi connectivity index (χ4v) is 3.05. The van der Waals surface area contributed by atoms with Gasteiger partial charge in [0.15, 0.2) is 0 Å². The number of H-pyrrole nitrogens is 1. The summed E-state index contributed by atoms with van der Waals surface area (Å²) in [4.78, 5) is 12.4. The van der Waals surface area contributed by atoms with Gasteiger partial charge >= 0.3 is 0 Å². The lowest BCUT2D eigenvalue weighted by Gasteiger charge is -2.23. The zero-order valence-electron chi connectivity index (χ0n) is 13.5. The van der Waals surface area contributed by atoms with E-state index in [1.165, 1.54) is 0 Å². The van der Waals surface area contributed by atoms with Crippen molar-refractivity contribution in [2.45, 2.75) is 19.1 Å². The normalized spacial score (nSPS) is 12.4. The van der Waals surface area contributed by atoms with E-state index in [0.717, 1.165) is 39.4 Å². The van der Waals surface area contributed by atoms with Crippen LogP contribution < -0.4 is 9.47 Å². The lowest BCUT2D eigenvalue weighted by atomic mass is 10.1. The first kappa shape index (κ1) is 15.7. The molecule has 3 aromatic rings. The van der Waals surface area contributed by atoms with Gasteiger partial charge in [-0.05, 0) is 26.0 Å². The van der Waals surface area contributed by atoms with Crippen LogP contribution >= 0.6 is 0 Å². The summed E-state index contributed by atoms with van der Waals surface area (Å²) in [5, 5.41) is -0.372. The minimum Gasteiger partial charge on any atom is -0.775 e. The van der Waals surface area contributed by atoms with Crippen LogP contribution in [0, 0.1) is 13.8 Å². The Hall–Kier alpha value is -2.21. The zero-order chi connectivity index (χ0) is 16.6. The standard InChI is InChI=1S/C17H19N3O2S/c1-9-8-18-14(10(2)15(9)22-4)16(23)17-19-12-6-5-11(21-3)7-13(12)20-17/h5-8,16,23H,1-4H3,(H,19,20)/p-1. The Morgan fingerprint density at radius 3 is 2.65 bits per heavy atom. The topological polar surface area (TPSA) is 60.0 Å². The molecule has 1 N–H and O–H groups in total. The maximum Gasteiger partial charge on any atom is 0.127 e. The van der Waals surface area contributed by atoms with Gasteiger partial charge in [0.05, 0.1) is 31.1 Å². The summed E-state index contributed by atoms with van der Waals surface area (Å²) in [6, 6.07) is 5.69. The summed E-state index contributed by atoms with van der Waals surface area (Å²) in [5.41, 5.74) is 4.47. The van der Waals surface area contributed by atoms with Gasteiger partial charge in [-0.2, -0.15) is 0 Å². The SMILES string of the molecule is COc1ccc2nc(C([S-])c3ncc(C)c(OC)c3C)[nH]c2c1. The fraction of sp³-hybridized carbons (Fsp3) is 0.294. The Morgan fingerprint density at radius 1 is 1.17 bits per heavy atom. The Balaban J connectivity index is 2.05. The minimum absolute atomic E-state index is 0.372. The highest BCUT2D eigenvalue weighted by Crippen LogP contribution is 2.31. The predicted molar refractivity (Wildman–Crippen MR) is 92.1 cm³/mol. The third-order valence-corrected chi connectivity index (χ3v) is 4.33. The number of ether oxygens (including phenoxy) is 2. The number of fused-ring (bicyclic) bond motifs is 1. The highest BCUT2D eigenvalue weighted by atomic mass is 32.1. The molecule has 3 rings (SSSR count). The molecule has 0 saturated carbocycles. The van der Waals surface area contributed by atoms with Crippen LogP contribution in [0.15, 0.2) is 24.4 Å². The second-order valence-corrected chi connectivity index (χ2v) is 5.84. The summed E-state index contributed by atoms with van der Waals surface area (Å²) in [7, 11) is 3.30. The monoisotopic (exact) mass is 328 g/mol. The van der Waals surface area contributed by atoms with Crippen molar-refractivity contribution < 1.29 is 9.47 Å². The van der Waals surface area contributed by atoms with Crippen LogP contribution in [0.4, 0.5) is 0 Å². The van der Waals surface area contributed by atoms with Gasteiger partial charge < -0.3 is 27.1 Å². The Labute approximate surface area is 140 Å². The molecule has 0 spiro atoms. The molecule has 0 aliphatic rings. The van der Waals surface area contributed by atoms with Crippen LogP contribution in [0.3, 0.4) is 0 Å². The van der Waals surface area contributed by atoms with Crippen molar-refractivity contribution in [1.29, 1.82) is 0 Å². The van der Waals surface area contributed by atoms with Gasteiger partial charge in [-0.15, -0.1) is 0 Å². The Bertz CT molecular complexity index is 860. The predicted octanol–water partition coefficient (Wildman–Crippen LogP) is 3.23. The number of hydrogen-bond donors (Lipinski definition) is 1. The van der Waals surface area contributed by atoms with Gasteiger partial charge in [0.1, 0.15) is 11.5 Å². The molecule has 120 valence electrons. The van der Waals surface area contributed by atoms with Crippen molar-refractivity contribution in [3.63, 3.8) is 0 Å². The molecule has 0 aliphatic carbocycles. The van der Waals surface area contributed by atoms with Crippen molar-refractivity contribution in [3.05, 3.63) is 47.0 Å². The summed E-state index contributed by atoms with van der Waals surface area (Å²) in [6.07, 6.45) is 1.78. The highest BCUT2D eigenvalue weighted by Gasteiger charge is 2.15. The molecule has 5 nitrogen and oxygen atoms in total. The molecule has 23 heavy (non-hydrogen) atoms. The lowest BCUT2D eigenvalue weighted by Crippen LogP contribution is -2.07. The summed E-state index contributed by atoms with van der Waals surface area (Å²) < 4.78 is 10.7. The smallest absolute Gasteiger partial charge is 0.127 e. The van der Waals surface area contributed by atoms with E-state index in [9.17, 15) is 0 Å². The number of aryl methyl sites for hydroxylation is 1. The van der Waals surface area contributed by atoms with Crippen LogP contribution in [0.2, 0.25) is 0 Å². The number of nitrogens with one attached hydrogen (secondary N) is 1. The third-order valence-electron chi connectivity index (χ3n) is 3.89. The van der Waals surface area contributed by atoms with Crippen LogP contribution in [0.5, 0.6) is 11.5 Å². The van der Waals surface area contributed by atoms with Gasteiger partial charge in [0, 0.05) is 29.1 Å². The number of imidazole rings is 1. The number of rotatable bonds is 4. The second kappa shape index (κ2) is 6.12. The van der Waals surface area contributed by atoms with Gasteiger partial charge in [-0.3, -0.25) is 4.98 Å². The number of nitrogens with zero attached hydrogens (tertiary/aromatic N) is 2. The van der Waals surface area contributed by atoms with Crippen molar-refractivity contribution in [2.24, 2.45) is 0 Å². The first-order valence-corrected chi connectivity index (χ1v) is 7.71. The number of hydrogen-bond acceptors (Lipinski definition) is 5. The maximum atomic E-state index is 5.67. The molecular weight excluding hydrogens is 310 g/mol. The molecule has 0 bridgehead atoms. The average molecular weight is 328 g/mol. The molecule has 2 aromatic heterocycles. The van der Waals surface area contributed by atoms with Gasteiger partial charge in [-0.25, -0.2) is 4.98 Å². The second-order valence-electron chi connectivity index (χ2n) is 5.37. The molecule has 0 radical (unpaired) electrons. The van der Waals surface area contributed by atoms with Crippen molar-refractivity contribution in [2.75, 3.05) is 14.2 Å². The Kier molecular flexibility index (Phi) is 4.17. The van der Waals surface area contributed by atoms with E-state index in [-0.39, 0.29) is 5.25 Å². The zero-order valence-corrected chi connectivity index (χ0v) is 14.3. The molecule has 1 atom stereocenters. The van der Waals surface area contributed by atoms with Gasteiger partial charge in [-0.1, -0.05) is 5.25 Å². The molecule has 1 aromatic carbocycles. The summed E-state index contributed by atoms with van der Waals surface area (Å²) >= 11 is 5.67. The largest absolute Gasteiger partial charge is 0.775 e. The van der Waals surface area contributed by atoms with Crippen LogP contribution in [-0.4, -0.2) is 29.2 Å². The lowest BCUT2D eigenvalue weighted by molar-refractivity contribution is 0.407. The summed E-state index contributed by atoms with van der Waals surface area (Å²) in [6.45, 7) is 3.94. The highest BCUT2D eigenvalue weighted by molar-refractivity contribution is 7.59. The molecule has 0 amide bonds. The van der Waals surface area contributed by atoms with E-state index in [1.54, 1.807) is 20.4 Å². The fourth-order valence-electron chi connectivity index (χ4n) is 2.70. The van der Waals surface area contributed by atoms with Crippen LogP contribution in [0.1, 0.15) is 27.9 Å². The van der Waals surface area contributed by atoms with E-state index in [4.69, 9.17) is 22.1 Å². The van der Waals surface area contributed by atoms with Crippen molar-refractivity contribution in [3.8, 4) is 11.5 Å². The maximum absolute atomic E-state index is 5.67. The molecule has 1 unspecified atom stereocenters. The number of aromatic nitrogens is 3. The average Bonchev–Trinajstić information content (AvgIpc) is 2.97. The van der Waals surface area contributed by atoms with Gasteiger partial charge in [0.25, 0.3) is 0 Å². The number of benzene rings is 1. The van der Waals surface area contributed by atoms with E-state index >= 15 is 0 Å². The van der Waals surface area contributed by atoms with E-state index in [2.05, 4.69) is 15.0 Å². The van der Waals surface area contributed by atoms with E-state index < -0.39 is 0 Å². The summed E-state index contributed by atoms with van der Waals surface area (Å²) in [5.74, 6) is 2.30. The quantitative estimate of drug-likeness (QED) is 0.745. The number of methoxy groups -OCH3 is 2. The van der Waals surface area contributed by atoms with Gasteiger partial charge in [0.2, 0.25) is 0 Å². The van der Waals surface area contributed by atoms with Crippen molar-refractivity contribution >= 4 is 23.7 Å². The number of pyridine rings is 1. The first-order chi connectivity index (χ1) is 11.0. The van der Waals surface area contributed by atoms with E-state index in [1.807, 2.05) is 32.0 Å². The van der Waals surface area contributed by atoms with Crippen LogP contribution in [0.25, 0.3) is 11.0 Å². The molecule has 0 fully saturated rings. The van der Waals surface area contributed by atoms with E-state index in [0.29, 0.717) is 5.82 Å². The first-order valence-electron chi connectivity index (χ1n) is 7.24. The molecule has 0 saturated heterocycles. The third kappa shape index (κ3) is 2.74. The van der Waals surface area contributed by atoms with Crippen LogP contribution in [-0.2, 0) is 12.6 Å². The Morgan fingerprint density at radius 2 is 1.96 bits per heavy atom. The molecule has 2 heterocycles. The number of aromatic amines is 1. The molecule has 6 heteroatoms. The van der Waals surface area contributed by atoms with Crippen molar-refractivity contribution in [1.82, 2.24) is 15.0 Å².